The maximum atomic E-state index is 11.6. The second kappa shape index (κ2) is 6.10. The van der Waals surface area contributed by atoms with E-state index in [0.717, 1.165) is 5.56 Å². The first-order valence-corrected chi connectivity index (χ1v) is 6.36. The quantitative estimate of drug-likeness (QED) is 0.648. The lowest BCUT2D eigenvalue weighted by Gasteiger charge is -2.02. The molecule has 0 spiro atoms. The van der Waals surface area contributed by atoms with Gasteiger partial charge >= 0.3 is 0 Å². The standard InChI is InChI=1S/C10H15NO2S.ClH/c1-2-7-14(12,13)10-5-3-9(8-11)4-6-10;/h3-6H,2,7-8,11H2,1H3;1H. The Labute approximate surface area is 97.0 Å². The Morgan fingerprint density at radius 3 is 2.13 bits per heavy atom. The minimum Gasteiger partial charge on any atom is -1.00 e. The lowest BCUT2D eigenvalue weighted by atomic mass is 10.2. The van der Waals surface area contributed by atoms with E-state index in [4.69, 9.17) is 0 Å². The molecule has 0 unspecified atom stereocenters. The van der Waals surface area contributed by atoms with Gasteiger partial charge in [0.25, 0.3) is 0 Å². The topological polar surface area (TPSA) is 61.8 Å². The summed E-state index contributed by atoms with van der Waals surface area (Å²) in [5.74, 6) is 0.219. The number of sulfone groups is 1. The summed E-state index contributed by atoms with van der Waals surface area (Å²) in [5, 5.41) is 0. The predicted octanol–water partition coefficient (Wildman–Crippen LogP) is -2.38. The molecule has 1 rings (SSSR count). The normalized spacial score (nSPS) is 10.8. The molecule has 1 aromatic carbocycles. The van der Waals surface area contributed by atoms with Gasteiger partial charge < -0.3 is 18.1 Å². The third-order valence-corrected chi connectivity index (χ3v) is 3.98. The Morgan fingerprint density at radius 1 is 1.20 bits per heavy atom. The fourth-order valence-electron chi connectivity index (χ4n) is 1.25. The Hall–Kier alpha value is -0.580. The van der Waals surface area contributed by atoms with Crippen molar-refractivity contribution >= 4 is 9.84 Å². The molecule has 1 aromatic rings. The van der Waals surface area contributed by atoms with E-state index in [1.54, 1.807) is 12.1 Å². The molecule has 3 N–H and O–H groups in total. The number of benzene rings is 1. The summed E-state index contributed by atoms with van der Waals surface area (Å²) in [7, 11) is -3.06. The average Bonchev–Trinajstić information content (AvgIpc) is 2.18. The summed E-state index contributed by atoms with van der Waals surface area (Å²) in [6.45, 7) is 2.55. The van der Waals surface area contributed by atoms with Gasteiger partial charge in [-0.25, -0.2) is 8.42 Å². The van der Waals surface area contributed by atoms with Crippen LogP contribution in [0.1, 0.15) is 18.9 Å². The van der Waals surface area contributed by atoms with Crippen molar-refractivity contribution in [3.63, 3.8) is 0 Å². The molecule has 86 valence electrons. The molecule has 0 aromatic heterocycles. The molecule has 0 aliphatic heterocycles. The summed E-state index contributed by atoms with van der Waals surface area (Å²) in [5.41, 5.74) is 4.79. The SMILES string of the molecule is CCCS(=O)(=O)c1ccc(C[NH3+])cc1.[Cl-]. The highest BCUT2D eigenvalue weighted by Crippen LogP contribution is 2.12. The van der Waals surface area contributed by atoms with Crippen LogP contribution in [0.3, 0.4) is 0 Å². The average molecular weight is 250 g/mol. The zero-order chi connectivity index (χ0) is 10.6. The molecule has 0 aliphatic carbocycles. The number of halogens is 1. The predicted molar refractivity (Wildman–Crippen MR) is 55.4 cm³/mol. The van der Waals surface area contributed by atoms with E-state index < -0.39 is 9.84 Å². The lowest BCUT2D eigenvalue weighted by Crippen LogP contribution is -3.00. The maximum absolute atomic E-state index is 11.6. The summed E-state index contributed by atoms with van der Waals surface area (Å²) < 4.78 is 23.2. The molecule has 0 heterocycles. The molecule has 5 heteroatoms. The molecule has 0 fully saturated rings. The van der Waals surface area contributed by atoms with Crippen LogP contribution >= 0.6 is 0 Å². The van der Waals surface area contributed by atoms with E-state index in [2.05, 4.69) is 5.73 Å². The first-order valence-electron chi connectivity index (χ1n) is 4.71. The number of hydrogen-bond acceptors (Lipinski definition) is 2. The van der Waals surface area contributed by atoms with Gasteiger partial charge in [-0.15, -0.1) is 0 Å². The van der Waals surface area contributed by atoms with Gasteiger partial charge in [0, 0.05) is 5.56 Å². The van der Waals surface area contributed by atoms with Crippen molar-refractivity contribution in [3.8, 4) is 0 Å². The van der Waals surface area contributed by atoms with Crippen LogP contribution in [0.5, 0.6) is 0 Å². The van der Waals surface area contributed by atoms with Gasteiger partial charge in [0.1, 0.15) is 0 Å². The smallest absolute Gasteiger partial charge is 0.178 e. The highest BCUT2D eigenvalue weighted by atomic mass is 35.5. The van der Waals surface area contributed by atoms with Crippen molar-refractivity contribution in [1.29, 1.82) is 0 Å². The molecule has 0 saturated carbocycles. The molecule has 0 radical (unpaired) electrons. The van der Waals surface area contributed by atoms with E-state index in [9.17, 15) is 8.42 Å². The maximum Gasteiger partial charge on any atom is 0.178 e. The molecule has 0 saturated heterocycles. The van der Waals surface area contributed by atoms with Crippen LogP contribution < -0.4 is 18.1 Å². The fraction of sp³-hybridized carbons (Fsp3) is 0.400. The van der Waals surface area contributed by atoms with Crippen molar-refractivity contribution < 1.29 is 26.6 Å². The Bertz CT molecular complexity index is 386. The van der Waals surface area contributed by atoms with Gasteiger partial charge in [-0.2, -0.15) is 0 Å². The van der Waals surface area contributed by atoms with Gasteiger partial charge in [0.15, 0.2) is 9.84 Å². The monoisotopic (exact) mass is 249 g/mol. The molecule has 3 nitrogen and oxygen atoms in total. The highest BCUT2D eigenvalue weighted by Gasteiger charge is 2.12. The second-order valence-corrected chi connectivity index (χ2v) is 5.32. The zero-order valence-corrected chi connectivity index (χ0v) is 10.3. The molecule has 0 bridgehead atoms. The van der Waals surface area contributed by atoms with Crippen molar-refractivity contribution in [1.82, 2.24) is 0 Å². The summed E-state index contributed by atoms with van der Waals surface area (Å²) in [6, 6.07) is 6.95. The Kier molecular flexibility index (Phi) is 5.87. The van der Waals surface area contributed by atoms with Gasteiger partial charge in [-0.3, -0.25) is 0 Å². The zero-order valence-electron chi connectivity index (χ0n) is 8.74. The molecule has 0 aliphatic rings. The van der Waals surface area contributed by atoms with Gasteiger partial charge in [-0.05, 0) is 18.6 Å². The molecule has 0 atom stereocenters. The minimum atomic E-state index is -3.06. The van der Waals surface area contributed by atoms with Crippen molar-refractivity contribution in [2.24, 2.45) is 0 Å². The first kappa shape index (κ1) is 14.4. The number of quaternary nitrogens is 1. The van der Waals surface area contributed by atoms with E-state index in [1.165, 1.54) is 0 Å². The molecule has 0 amide bonds. The molecular formula is C10H16ClNO2S. The van der Waals surface area contributed by atoms with E-state index in [-0.39, 0.29) is 18.2 Å². The lowest BCUT2D eigenvalue weighted by molar-refractivity contribution is -0.386. The molecule has 15 heavy (non-hydrogen) atoms. The second-order valence-electron chi connectivity index (χ2n) is 3.21. The Balaban J connectivity index is 0.00000196. The van der Waals surface area contributed by atoms with Crippen LogP contribution in [0.15, 0.2) is 29.2 Å². The van der Waals surface area contributed by atoms with Crippen molar-refractivity contribution in [3.05, 3.63) is 29.8 Å². The van der Waals surface area contributed by atoms with Gasteiger partial charge in [0.05, 0.1) is 17.2 Å². The van der Waals surface area contributed by atoms with E-state index >= 15 is 0 Å². The van der Waals surface area contributed by atoms with Crippen molar-refractivity contribution in [2.45, 2.75) is 24.8 Å². The minimum absolute atomic E-state index is 0. The van der Waals surface area contributed by atoms with Crippen LogP contribution in [-0.2, 0) is 16.4 Å². The summed E-state index contributed by atoms with van der Waals surface area (Å²) >= 11 is 0. The third kappa shape index (κ3) is 3.81. The largest absolute Gasteiger partial charge is 1.00 e. The first-order chi connectivity index (χ1) is 6.60. The summed E-state index contributed by atoms with van der Waals surface area (Å²) in [6.07, 6.45) is 0.652. The van der Waals surface area contributed by atoms with E-state index in [1.807, 2.05) is 19.1 Å². The fourth-order valence-corrected chi connectivity index (χ4v) is 2.57. The third-order valence-electron chi connectivity index (χ3n) is 2.04. The number of rotatable bonds is 4. The van der Waals surface area contributed by atoms with Crippen molar-refractivity contribution in [2.75, 3.05) is 5.75 Å². The van der Waals surface area contributed by atoms with Crippen LogP contribution in [0.4, 0.5) is 0 Å². The molecular weight excluding hydrogens is 234 g/mol. The van der Waals surface area contributed by atoms with Crippen LogP contribution in [0, 0.1) is 0 Å². The Morgan fingerprint density at radius 2 is 1.73 bits per heavy atom. The van der Waals surface area contributed by atoms with E-state index in [0.29, 0.717) is 17.9 Å². The highest BCUT2D eigenvalue weighted by molar-refractivity contribution is 7.91. The van der Waals surface area contributed by atoms with Gasteiger partial charge in [-0.1, -0.05) is 19.1 Å². The van der Waals surface area contributed by atoms with Gasteiger partial charge in [0.2, 0.25) is 0 Å². The summed E-state index contributed by atoms with van der Waals surface area (Å²) in [4.78, 5) is 0.413. The number of hydrogen-bond donors (Lipinski definition) is 1. The van der Waals surface area contributed by atoms with Crippen LogP contribution in [0.25, 0.3) is 0 Å². The van der Waals surface area contributed by atoms with Crippen LogP contribution in [-0.4, -0.2) is 14.2 Å². The van der Waals surface area contributed by atoms with Crippen LogP contribution in [0.2, 0.25) is 0 Å².